The van der Waals surface area contributed by atoms with Crippen LogP contribution >= 0.6 is 0 Å². The maximum Gasteiger partial charge on any atom is 0.258 e. The van der Waals surface area contributed by atoms with E-state index in [0.717, 1.165) is 41.2 Å². The molecular weight excluding hydrogens is 370 g/mol. The minimum absolute atomic E-state index is 0.261. The highest BCUT2D eigenvalue weighted by Gasteiger charge is 2.24. The zero-order valence-corrected chi connectivity index (χ0v) is 18.4. The van der Waals surface area contributed by atoms with E-state index in [1.165, 1.54) is 0 Å². The van der Waals surface area contributed by atoms with E-state index >= 15 is 0 Å². The molecule has 0 saturated heterocycles. The molecule has 2 rings (SSSR count). The van der Waals surface area contributed by atoms with Gasteiger partial charge < -0.3 is 24.4 Å². The first-order valence-electron chi connectivity index (χ1n) is 9.66. The van der Waals surface area contributed by atoms with Crippen LogP contribution in [-0.2, 0) is 4.74 Å². The molecule has 0 bridgehead atoms. The molecule has 0 aliphatic heterocycles. The molecule has 158 valence electrons. The molecule has 0 saturated carbocycles. The number of nitrogens with zero attached hydrogens (tertiary/aromatic N) is 2. The van der Waals surface area contributed by atoms with Crippen molar-refractivity contribution in [3.05, 3.63) is 40.6 Å². The Morgan fingerprint density at radius 2 is 1.79 bits per heavy atom. The van der Waals surface area contributed by atoms with Crippen LogP contribution in [0, 0.1) is 20.8 Å². The van der Waals surface area contributed by atoms with E-state index in [1.807, 2.05) is 43.9 Å². The fraction of sp³-hybridized carbons (Fsp3) is 0.455. The van der Waals surface area contributed by atoms with E-state index < -0.39 is 0 Å². The van der Waals surface area contributed by atoms with Crippen LogP contribution in [0.3, 0.4) is 0 Å². The molecule has 0 aliphatic rings. The lowest BCUT2D eigenvalue weighted by atomic mass is 10.1. The number of rotatable bonds is 9. The van der Waals surface area contributed by atoms with E-state index in [1.54, 1.807) is 21.3 Å². The summed E-state index contributed by atoms with van der Waals surface area (Å²) in [4.78, 5) is 19.4. The van der Waals surface area contributed by atoms with Gasteiger partial charge in [-0.05, 0) is 56.5 Å². The molecule has 29 heavy (non-hydrogen) atoms. The van der Waals surface area contributed by atoms with Crippen molar-refractivity contribution < 1.29 is 19.0 Å². The fourth-order valence-corrected chi connectivity index (χ4v) is 3.26. The van der Waals surface area contributed by atoms with Gasteiger partial charge in [0.15, 0.2) is 0 Å². The largest absolute Gasteiger partial charge is 0.497 e. The summed E-state index contributed by atoms with van der Waals surface area (Å²) in [5.74, 6) is 1.43. The average molecular weight is 402 g/mol. The lowest BCUT2D eigenvalue weighted by Gasteiger charge is -2.27. The van der Waals surface area contributed by atoms with Gasteiger partial charge in [-0.25, -0.2) is 4.98 Å². The Hall–Kier alpha value is -2.80. The number of benzene rings is 1. The van der Waals surface area contributed by atoms with Crippen molar-refractivity contribution in [3.63, 3.8) is 0 Å². The number of methoxy groups -OCH3 is 2. The minimum Gasteiger partial charge on any atom is -0.497 e. The van der Waals surface area contributed by atoms with Crippen LogP contribution in [-0.4, -0.2) is 45.4 Å². The lowest BCUT2D eigenvalue weighted by Crippen LogP contribution is -2.30. The Labute approximate surface area is 173 Å². The standard InChI is InChI=1S/C22H31N3O4/c1-8-9-25(13-27-6)18-12-16(4)24-22(19(18)21(26)23-5)29-20-14(2)10-17(28-7)11-15(20)3/h10-12H,8-9,13H2,1-7H3,(H,23,26). The summed E-state index contributed by atoms with van der Waals surface area (Å²) in [6.07, 6.45) is 0.908. The smallest absolute Gasteiger partial charge is 0.258 e. The summed E-state index contributed by atoms with van der Waals surface area (Å²) in [6.45, 7) is 8.94. The van der Waals surface area contributed by atoms with Gasteiger partial charge in [0, 0.05) is 26.4 Å². The molecule has 0 unspecified atom stereocenters. The molecule has 0 fully saturated rings. The quantitative estimate of drug-likeness (QED) is 0.641. The van der Waals surface area contributed by atoms with Crippen LogP contribution in [0.4, 0.5) is 5.69 Å². The van der Waals surface area contributed by atoms with Crippen molar-refractivity contribution in [2.24, 2.45) is 0 Å². The van der Waals surface area contributed by atoms with E-state index in [-0.39, 0.29) is 11.8 Å². The summed E-state index contributed by atoms with van der Waals surface area (Å²) in [6, 6.07) is 5.68. The highest BCUT2D eigenvalue weighted by Crippen LogP contribution is 2.36. The number of aromatic nitrogens is 1. The third-order valence-electron chi connectivity index (χ3n) is 4.54. The second kappa shape index (κ2) is 10.1. The average Bonchev–Trinajstić information content (AvgIpc) is 2.69. The number of carbonyl (C=O) groups is 1. The Morgan fingerprint density at radius 3 is 2.31 bits per heavy atom. The van der Waals surface area contributed by atoms with Crippen LogP contribution in [0.25, 0.3) is 0 Å². The monoisotopic (exact) mass is 401 g/mol. The first-order chi connectivity index (χ1) is 13.9. The molecule has 1 aromatic heterocycles. The normalized spacial score (nSPS) is 10.6. The van der Waals surface area contributed by atoms with E-state index in [0.29, 0.717) is 18.0 Å². The molecule has 1 N–H and O–H groups in total. The Kier molecular flexibility index (Phi) is 7.84. The van der Waals surface area contributed by atoms with Crippen LogP contribution in [0.2, 0.25) is 0 Å². The number of anilines is 1. The summed E-state index contributed by atoms with van der Waals surface area (Å²) >= 11 is 0. The third kappa shape index (κ3) is 5.17. The Morgan fingerprint density at radius 1 is 1.14 bits per heavy atom. The number of ether oxygens (including phenoxy) is 3. The maximum atomic E-state index is 12.8. The first-order valence-corrected chi connectivity index (χ1v) is 9.66. The summed E-state index contributed by atoms with van der Waals surface area (Å²) in [5.41, 5.74) is 3.68. The highest BCUT2D eigenvalue weighted by atomic mass is 16.5. The maximum absolute atomic E-state index is 12.8. The number of aryl methyl sites for hydroxylation is 3. The van der Waals surface area contributed by atoms with Crippen LogP contribution in [0.1, 0.15) is 40.5 Å². The number of nitrogens with one attached hydrogen (secondary N) is 1. The molecule has 2 aromatic rings. The molecule has 0 aliphatic carbocycles. The van der Waals surface area contributed by atoms with Crippen LogP contribution in [0.15, 0.2) is 18.2 Å². The zero-order chi connectivity index (χ0) is 21.6. The molecular formula is C22H31N3O4. The zero-order valence-electron chi connectivity index (χ0n) is 18.4. The van der Waals surface area contributed by atoms with Gasteiger partial charge in [0.2, 0.25) is 5.88 Å². The van der Waals surface area contributed by atoms with Crippen molar-refractivity contribution in [2.75, 3.05) is 39.4 Å². The molecule has 7 nitrogen and oxygen atoms in total. The van der Waals surface area contributed by atoms with Gasteiger partial charge in [-0.2, -0.15) is 0 Å². The molecule has 1 heterocycles. The van der Waals surface area contributed by atoms with Crippen LogP contribution < -0.4 is 19.7 Å². The van der Waals surface area contributed by atoms with Crippen LogP contribution in [0.5, 0.6) is 17.4 Å². The molecule has 1 aromatic carbocycles. The Balaban J connectivity index is 2.64. The van der Waals surface area contributed by atoms with Crippen molar-refractivity contribution in [3.8, 4) is 17.4 Å². The van der Waals surface area contributed by atoms with Crippen molar-refractivity contribution in [1.29, 1.82) is 0 Å². The topological polar surface area (TPSA) is 72.9 Å². The van der Waals surface area contributed by atoms with Gasteiger partial charge in [0.25, 0.3) is 5.91 Å². The predicted molar refractivity (Wildman–Crippen MR) is 114 cm³/mol. The molecule has 1 amide bonds. The van der Waals surface area contributed by atoms with E-state index in [9.17, 15) is 4.79 Å². The predicted octanol–water partition coefficient (Wildman–Crippen LogP) is 3.99. The van der Waals surface area contributed by atoms with Gasteiger partial charge in [0.1, 0.15) is 23.8 Å². The minimum atomic E-state index is -0.261. The van der Waals surface area contributed by atoms with E-state index in [2.05, 4.69) is 17.2 Å². The second-order valence-electron chi connectivity index (χ2n) is 6.92. The molecule has 0 radical (unpaired) electrons. The highest BCUT2D eigenvalue weighted by molar-refractivity contribution is 6.02. The summed E-state index contributed by atoms with van der Waals surface area (Å²) in [7, 11) is 4.86. The number of amides is 1. The third-order valence-corrected chi connectivity index (χ3v) is 4.54. The van der Waals surface area contributed by atoms with Crippen molar-refractivity contribution >= 4 is 11.6 Å². The van der Waals surface area contributed by atoms with Crippen molar-refractivity contribution in [1.82, 2.24) is 10.3 Å². The lowest BCUT2D eigenvalue weighted by molar-refractivity contribution is 0.0960. The number of pyridine rings is 1. The summed E-state index contributed by atoms with van der Waals surface area (Å²) < 4.78 is 16.9. The fourth-order valence-electron chi connectivity index (χ4n) is 3.26. The van der Waals surface area contributed by atoms with Crippen molar-refractivity contribution in [2.45, 2.75) is 34.1 Å². The van der Waals surface area contributed by atoms with Gasteiger partial charge in [-0.1, -0.05) is 6.92 Å². The molecule has 7 heteroatoms. The number of hydrogen-bond donors (Lipinski definition) is 1. The second-order valence-corrected chi connectivity index (χ2v) is 6.92. The van der Waals surface area contributed by atoms with Gasteiger partial charge in [-0.3, -0.25) is 4.79 Å². The van der Waals surface area contributed by atoms with Gasteiger partial charge >= 0.3 is 0 Å². The van der Waals surface area contributed by atoms with E-state index in [4.69, 9.17) is 14.2 Å². The number of hydrogen-bond acceptors (Lipinski definition) is 6. The SMILES string of the molecule is CCCN(COC)c1cc(C)nc(Oc2c(C)cc(OC)cc2C)c1C(=O)NC. The molecule has 0 spiro atoms. The summed E-state index contributed by atoms with van der Waals surface area (Å²) in [5, 5.41) is 2.71. The number of carbonyl (C=O) groups excluding carboxylic acids is 1. The molecule has 0 atom stereocenters. The van der Waals surface area contributed by atoms with Gasteiger partial charge in [0.05, 0.1) is 12.8 Å². The van der Waals surface area contributed by atoms with Gasteiger partial charge in [-0.15, -0.1) is 0 Å². The first kappa shape index (κ1) is 22.5. The Bertz CT molecular complexity index is 838.